The zero-order valence-electron chi connectivity index (χ0n) is 14.0. The minimum atomic E-state index is -0.153. The van der Waals surface area contributed by atoms with E-state index >= 15 is 0 Å². The molecule has 0 unspecified atom stereocenters. The van der Waals surface area contributed by atoms with Crippen molar-refractivity contribution in [3.8, 4) is 0 Å². The summed E-state index contributed by atoms with van der Waals surface area (Å²) in [6.07, 6.45) is 4.51. The van der Waals surface area contributed by atoms with Crippen molar-refractivity contribution in [1.29, 1.82) is 0 Å². The van der Waals surface area contributed by atoms with Crippen LogP contribution in [0, 0.1) is 0 Å². The molecule has 0 atom stereocenters. The summed E-state index contributed by atoms with van der Waals surface area (Å²) in [5, 5.41) is 12.5. The van der Waals surface area contributed by atoms with Crippen LogP contribution in [-0.2, 0) is 4.79 Å². The van der Waals surface area contributed by atoms with E-state index in [4.69, 9.17) is 0 Å². The summed E-state index contributed by atoms with van der Waals surface area (Å²) in [5.74, 6) is 2.12. The zero-order chi connectivity index (χ0) is 16.5. The zero-order valence-corrected chi connectivity index (χ0v) is 14.8. The van der Waals surface area contributed by atoms with Crippen molar-refractivity contribution in [2.45, 2.75) is 45.1 Å². The molecule has 1 aliphatic rings. The van der Waals surface area contributed by atoms with Crippen molar-refractivity contribution in [3.05, 3.63) is 24.3 Å². The van der Waals surface area contributed by atoms with Gasteiger partial charge < -0.3 is 15.3 Å². The molecule has 1 aromatic carbocycles. The lowest BCUT2D eigenvalue weighted by Crippen LogP contribution is -2.35. The Labute approximate surface area is 143 Å². The van der Waals surface area contributed by atoms with E-state index in [0.717, 1.165) is 48.8 Å². The molecule has 0 saturated carbocycles. The van der Waals surface area contributed by atoms with Gasteiger partial charge in [0.1, 0.15) is 0 Å². The van der Waals surface area contributed by atoms with Crippen LogP contribution in [-0.4, -0.2) is 41.7 Å². The highest BCUT2D eigenvalue weighted by atomic mass is 32.2. The van der Waals surface area contributed by atoms with E-state index < -0.39 is 0 Å². The van der Waals surface area contributed by atoms with Gasteiger partial charge in [-0.3, -0.25) is 4.79 Å². The Kier molecular flexibility index (Phi) is 7.76. The molecule has 1 fully saturated rings. The molecule has 0 spiro atoms. The summed E-state index contributed by atoms with van der Waals surface area (Å²) in [6, 6.07) is 8.01. The van der Waals surface area contributed by atoms with Crippen LogP contribution in [0.5, 0.6) is 0 Å². The number of aliphatic hydroxyl groups is 1. The average molecular weight is 337 g/mol. The van der Waals surface area contributed by atoms with Gasteiger partial charge in [-0.05, 0) is 49.3 Å². The Morgan fingerprint density at radius 3 is 2.61 bits per heavy atom. The van der Waals surface area contributed by atoms with Crippen LogP contribution in [0.4, 0.5) is 11.4 Å². The fourth-order valence-corrected chi connectivity index (χ4v) is 3.64. The van der Waals surface area contributed by atoms with E-state index in [1.807, 2.05) is 36.0 Å². The van der Waals surface area contributed by atoms with Crippen LogP contribution in [0.25, 0.3) is 0 Å². The topological polar surface area (TPSA) is 52.6 Å². The lowest BCUT2D eigenvalue weighted by Gasteiger charge is -2.31. The summed E-state index contributed by atoms with van der Waals surface area (Å²) in [4.78, 5) is 14.2. The van der Waals surface area contributed by atoms with Crippen LogP contribution in [0.2, 0.25) is 0 Å². The molecule has 0 bridgehead atoms. The third-order valence-corrected chi connectivity index (χ3v) is 5.17. The number of aliphatic hydroxyl groups excluding tert-OH is 1. The molecule has 23 heavy (non-hydrogen) atoms. The van der Waals surface area contributed by atoms with Crippen molar-refractivity contribution in [1.82, 2.24) is 0 Å². The second-order valence-corrected chi connectivity index (χ2v) is 7.25. The number of carbonyl (C=O) groups excluding carboxylic acids is 1. The maximum absolute atomic E-state index is 11.9. The minimum Gasteiger partial charge on any atom is -0.393 e. The number of unbranched alkanes of at least 4 members (excludes halogenated alkanes) is 1. The van der Waals surface area contributed by atoms with Crippen molar-refractivity contribution in [3.63, 3.8) is 0 Å². The highest BCUT2D eigenvalue weighted by molar-refractivity contribution is 7.99. The standard InChI is InChI=1S/C18H28N2O2S/c1-2-3-13-23-14-10-18(22)19-15-4-6-16(7-5-15)20-11-8-17(21)9-12-20/h4-7,17,21H,2-3,8-14H2,1H3,(H,19,22). The fourth-order valence-electron chi connectivity index (χ4n) is 2.62. The van der Waals surface area contributed by atoms with Gasteiger partial charge in [0.15, 0.2) is 0 Å². The van der Waals surface area contributed by atoms with Crippen molar-refractivity contribution in [2.75, 3.05) is 34.8 Å². The number of benzene rings is 1. The third kappa shape index (κ3) is 6.43. The average Bonchev–Trinajstić information content (AvgIpc) is 2.56. The summed E-state index contributed by atoms with van der Waals surface area (Å²) >= 11 is 1.85. The predicted molar refractivity (Wildman–Crippen MR) is 99.4 cm³/mol. The molecule has 1 heterocycles. The summed E-state index contributed by atoms with van der Waals surface area (Å²) in [5.41, 5.74) is 2.01. The SMILES string of the molecule is CCCCSCCC(=O)Nc1ccc(N2CCC(O)CC2)cc1. The van der Waals surface area contributed by atoms with Gasteiger partial charge in [-0.2, -0.15) is 11.8 Å². The Hall–Kier alpha value is -1.20. The number of nitrogens with one attached hydrogen (secondary N) is 1. The first-order chi connectivity index (χ1) is 11.2. The predicted octanol–water partition coefficient (Wildman–Crippen LogP) is 3.51. The van der Waals surface area contributed by atoms with E-state index in [-0.39, 0.29) is 12.0 Å². The number of amides is 1. The molecule has 0 radical (unpaired) electrons. The lowest BCUT2D eigenvalue weighted by molar-refractivity contribution is -0.115. The first-order valence-electron chi connectivity index (χ1n) is 8.59. The van der Waals surface area contributed by atoms with Gasteiger partial charge in [0, 0.05) is 36.6 Å². The number of carbonyl (C=O) groups is 1. The minimum absolute atomic E-state index is 0.0860. The summed E-state index contributed by atoms with van der Waals surface area (Å²) < 4.78 is 0. The van der Waals surface area contributed by atoms with E-state index in [0.29, 0.717) is 6.42 Å². The van der Waals surface area contributed by atoms with Gasteiger partial charge in [-0.15, -0.1) is 0 Å². The molecule has 1 aromatic rings. The number of hydrogen-bond donors (Lipinski definition) is 2. The van der Waals surface area contributed by atoms with Crippen LogP contribution in [0.1, 0.15) is 39.0 Å². The monoisotopic (exact) mass is 336 g/mol. The maximum Gasteiger partial charge on any atom is 0.225 e. The maximum atomic E-state index is 11.9. The molecular formula is C18H28N2O2S. The molecule has 5 heteroatoms. The normalized spacial score (nSPS) is 15.7. The fraction of sp³-hybridized carbons (Fsp3) is 0.611. The number of thioether (sulfide) groups is 1. The number of nitrogens with zero attached hydrogens (tertiary/aromatic N) is 1. The molecule has 1 aliphatic heterocycles. The van der Waals surface area contributed by atoms with Crippen molar-refractivity contribution >= 4 is 29.0 Å². The van der Waals surface area contributed by atoms with E-state index in [1.165, 1.54) is 12.8 Å². The second kappa shape index (κ2) is 9.83. The van der Waals surface area contributed by atoms with Gasteiger partial charge in [0.25, 0.3) is 0 Å². The van der Waals surface area contributed by atoms with E-state index in [1.54, 1.807) is 0 Å². The first kappa shape index (κ1) is 18.1. The first-order valence-corrected chi connectivity index (χ1v) is 9.75. The number of hydrogen-bond acceptors (Lipinski definition) is 4. The molecular weight excluding hydrogens is 308 g/mol. The molecule has 1 amide bonds. The quantitative estimate of drug-likeness (QED) is 0.713. The molecule has 1 saturated heterocycles. The smallest absolute Gasteiger partial charge is 0.225 e. The van der Waals surface area contributed by atoms with Gasteiger partial charge in [0.2, 0.25) is 5.91 Å². The highest BCUT2D eigenvalue weighted by Gasteiger charge is 2.17. The number of rotatable bonds is 8. The van der Waals surface area contributed by atoms with Crippen LogP contribution in [0.3, 0.4) is 0 Å². The largest absolute Gasteiger partial charge is 0.393 e. The molecule has 0 aromatic heterocycles. The molecule has 0 aliphatic carbocycles. The Morgan fingerprint density at radius 1 is 1.26 bits per heavy atom. The number of piperidine rings is 1. The van der Waals surface area contributed by atoms with Crippen molar-refractivity contribution < 1.29 is 9.90 Å². The second-order valence-electron chi connectivity index (χ2n) is 6.03. The highest BCUT2D eigenvalue weighted by Crippen LogP contribution is 2.22. The van der Waals surface area contributed by atoms with Crippen molar-refractivity contribution in [2.24, 2.45) is 0 Å². The van der Waals surface area contributed by atoms with Crippen LogP contribution >= 0.6 is 11.8 Å². The summed E-state index contributed by atoms with van der Waals surface area (Å²) in [6.45, 7) is 3.96. The van der Waals surface area contributed by atoms with Gasteiger partial charge in [-0.1, -0.05) is 13.3 Å². The molecule has 128 valence electrons. The van der Waals surface area contributed by atoms with Crippen LogP contribution < -0.4 is 10.2 Å². The van der Waals surface area contributed by atoms with Gasteiger partial charge in [-0.25, -0.2) is 0 Å². The Morgan fingerprint density at radius 2 is 1.96 bits per heavy atom. The Balaban J connectivity index is 1.73. The van der Waals surface area contributed by atoms with E-state index in [9.17, 15) is 9.90 Å². The molecule has 2 rings (SSSR count). The summed E-state index contributed by atoms with van der Waals surface area (Å²) in [7, 11) is 0. The third-order valence-electron chi connectivity index (χ3n) is 4.10. The molecule has 4 nitrogen and oxygen atoms in total. The van der Waals surface area contributed by atoms with E-state index in [2.05, 4.69) is 17.1 Å². The number of anilines is 2. The van der Waals surface area contributed by atoms with Gasteiger partial charge >= 0.3 is 0 Å². The van der Waals surface area contributed by atoms with Gasteiger partial charge in [0.05, 0.1) is 6.10 Å². The molecule has 2 N–H and O–H groups in total. The Bertz CT molecular complexity index is 470. The van der Waals surface area contributed by atoms with Crippen LogP contribution in [0.15, 0.2) is 24.3 Å². The lowest BCUT2D eigenvalue weighted by atomic mass is 10.1.